The van der Waals surface area contributed by atoms with Crippen LogP contribution in [0.3, 0.4) is 0 Å². The van der Waals surface area contributed by atoms with Crippen molar-refractivity contribution in [2.24, 2.45) is 5.92 Å². The highest BCUT2D eigenvalue weighted by Crippen LogP contribution is 2.16. The standard InChI is InChI=1S/C18H27FN2O3/c1-14-8-10-21(12-17(14)22)13-18(23)20(2)9-3-11-24-16-6-4-15(19)5-7-16/h4-7,14,17,22H,3,8-13H2,1-2H3. The maximum absolute atomic E-state index is 12.8. The average molecular weight is 338 g/mol. The fraction of sp³-hybridized carbons (Fsp3) is 0.611. The summed E-state index contributed by atoms with van der Waals surface area (Å²) in [5.74, 6) is 0.697. The molecule has 1 aliphatic rings. The predicted octanol–water partition coefficient (Wildman–Crippen LogP) is 1.76. The molecule has 2 unspecified atom stereocenters. The van der Waals surface area contributed by atoms with Gasteiger partial charge in [0.25, 0.3) is 0 Å². The summed E-state index contributed by atoms with van der Waals surface area (Å²) in [7, 11) is 1.78. The first-order valence-electron chi connectivity index (χ1n) is 8.48. The predicted molar refractivity (Wildman–Crippen MR) is 90.4 cm³/mol. The quantitative estimate of drug-likeness (QED) is 0.770. The fourth-order valence-corrected chi connectivity index (χ4v) is 2.72. The van der Waals surface area contributed by atoms with E-state index in [2.05, 4.69) is 0 Å². The lowest BCUT2D eigenvalue weighted by molar-refractivity contribution is -0.132. The maximum atomic E-state index is 12.8. The number of hydrogen-bond acceptors (Lipinski definition) is 4. The van der Waals surface area contributed by atoms with Gasteiger partial charge in [-0.15, -0.1) is 0 Å². The first kappa shape index (κ1) is 18.7. The van der Waals surface area contributed by atoms with Gasteiger partial charge in [0.05, 0.1) is 19.3 Å². The summed E-state index contributed by atoms with van der Waals surface area (Å²) in [4.78, 5) is 15.9. The molecule has 0 aromatic heterocycles. The van der Waals surface area contributed by atoms with Crippen LogP contribution in [0.4, 0.5) is 4.39 Å². The van der Waals surface area contributed by atoms with Gasteiger partial charge in [0.15, 0.2) is 0 Å². The second kappa shape index (κ2) is 8.99. The van der Waals surface area contributed by atoms with E-state index in [0.29, 0.717) is 44.3 Å². The number of hydrogen-bond donors (Lipinski definition) is 1. The van der Waals surface area contributed by atoms with Gasteiger partial charge in [-0.2, -0.15) is 0 Å². The lowest BCUT2D eigenvalue weighted by Gasteiger charge is -2.34. The highest BCUT2D eigenvalue weighted by Gasteiger charge is 2.26. The summed E-state index contributed by atoms with van der Waals surface area (Å²) in [6.45, 7) is 4.88. The summed E-state index contributed by atoms with van der Waals surface area (Å²) in [5.41, 5.74) is 0. The zero-order valence-corrected chi connectivity index (χ0v) is 14.4. The molecule has 1 N–H and O–H groups in total. The van der Waals surface area contributed by atoms with E-state index in [1.54, 1.807) is 24.1 Å². The minimum absolute atomic E-state index is 0.0542. The van der Waals surface area contributed by atoms with Gasteiger partial charge < -0.3 is 14.7 Å². The molecule has 1 aromatic carbocycles. The first-order valence-corrected chi connectivity index (χ1v) is 8.48. The second-order valence-corrected chi connectivity index (χ2v) is 6.54. The minimum atomic E-state index is -0.346. The molecule has 0 radical (unpaired) electrons. The van der Waals surface area contributed by atoms with Gasteiger partial charge in [-0.1, -0.05) is 6.92 Å². The van der Waals surface area contributed by atoms with Crippen LogP contribution in [-0.4, -0.2) is 66.8 Å². The number of rotatable bonds is 7. The largest absolute Gasteiger partial charge is 0.494 e. The molecule has 5 nitrogen and oxygen atoms in total. The molecule has 2 atom stereocenters. The molecule has 0 aliphatic carbocycles. The number of likely N-dealkylation sites (N-methyl/N-ethyl adjacent to an activating group) is 1. The molecule has 134 valence electrons. The van der Waals surface area contributed by atoms with E-state index in [-0.39, 0.29) is 17.8 Å². The maximum Gasteiger partial charge on any atom is 0.236 e. The average Bonchev–Trinajstić information content (AvgIpc) is 2.56. The normalized spacial score (nSPS) is 21.5. The fourth-order valence-electron chi connectivity index (χ4n) is 2.72. The van der Waals surface area contributed by atoms with Crippen LogP contribution in [0.25, 0.3) is 0 Å². The zero-order chi connectivity index (χ0) is 17.5. The lowest BCUT2D eigenvalue weighted by Crippen LogP contribution is -2.47. The number of likely N-dealkylation sites (tertiary alicyclic amines) is 1. The van der Waals surface area contributed by atoms with Gasteiger partial charge in [-0.3, -0.25) is 9.69 Å². The van der Waals surface area contributed by atoms with Crippen LogP contribution >= 0.6 is 0 Å². The third kappa shape index (κ3) is 5.76. The summed E-state index contributed by atoms with van der Waals surface area (Å²) in [6, 6.07) is 5.90. The Hall–Kier alpha value is -1.66. The van der Waals surface area contributed by atoms with E-state index in [1.807, 2.05) is 11.8 Å². The molecule has 1 aromatic rings. The van der Waals surface area contributed by atoms with E-state index in [0.717, 1.165) is 13.0 Å². The summed E-state index contributed by atoms with van der Waals surface area (Å²) < 4.78 is 18.3. The van der Waals surface area contributed by atoms with Crippen molar-refractivity contribution in [3.05, 3.63) is 30.1 Å². The first-order chi connectivity index (χ1) is 11.5. The number of carbonyl (C=O) groups excluding carboxylic acids is 1. The van der Waals surface area contributed by atoms with Crippen molar-refractivity contribution in [1.82, 2.24) is 9.80 Å². The highest BCUT2D eigenvalue weighted by atomic mass is 19.1. The van der Waals surface area contributed by atoms with Gasteiger partial charge in [-0.25, -0.2) is 4.39 Å². The number of carbonyl (C=O) groups is 1. The minimum Gasteiger partial charge on any atom is -0.494 e. The molecule has 1 saturated heterocycles. The third-order valence-corrected chi connectivity index (χ3v) is 4.51. The zero-order valence-electron chi connectivity index (χ0n) is 14.4. The smallest absolute Gasteiger partial charge is 0.236 e. The number of benzene rings is 1. The molecule has 6 heteroatoms. The van der Waals surface area contributed by atoms with Crippen molar-refractivity contribution in [3.8, 4) is 5.75 Å². The van der Waals surface area contributed by atoms with Crippen molar-refractivity contribution >= 4 is 5.91 Å². The number of β-amino-alcohol motifs (C(OH)–C–C–N with tert-alkyl or cyclic N) is 1. The Kier molecular flexibility index (Phi) is 6.99. The Morgan fingerprint density at radius 2 is 2.12 bits per heavy atom. The molecular formula is C18H27FN2O3. The van der Waals surface area contributed by atoms with E-state index in [1.165, 1.54) is 12.1 Å². The number of piperidine rings is 1. The van der Waals surface area contributed by atoms with Crippen LogP contribution in [-0.2, 0) is 4.79 Å². The number of nitrogens with zero attached hydrogens (tertiary/aromatic N) is 2. The Balaban J connectivity index is 1.63. The number of ether oxygens (including phenoxy) is 1. The summed E-state index contributed by atoms with van der Waals surface area (Å²) in [5, 5.41) is 9.89. The van der Waals surface area contributed by atoms with Crippen LogP contribution in [0.15, 0.2) is 24.3 Å². The van der Waals surface area contributed by atoms with E-state index >= 15 is 0 Å². The van der Waals surface area contributed by atoms with Crippen LogP contribution in [0.1, 0.15) is 19.8 Å². The molecule has 0 spiro atoms. The number of amides is 1. The Morgan fingerprint density at radius 3 is 2.79 bits per heavy atom. The molecule has 0 saturated carbocycles. The van der Waals surface area contributed by atoms with Crippen LogP contribution in [0, 0.1) is 11.7 Å². The highest BCUT2D eigenvalue weighted by molar-refractivity contribution is 5.78. The Morgan fingerprint density at radius 1 is 1.42 bits per heavy atom. The van der Waals surface area contributed by atoms with Crippen molar-refractivity contribution in [3.63, 3.8) is 0 Å². The van der Waals surface area contributed by atoms with E-state index < -0.39 is 0 Å². The monoisotopic (exact) mass is 338 g/mol. The van der Waals surface area contributed by atoms with Crippen LogP contribution in [0.2, 0.25) is 0 Å². The molecular weight excluding hydrogens is 311 g/mol. The molecule has 24 heavy (non-hydrogen) atoms. The van der Waals surface area contributed by atoms with E-state index in [9.17, 15) is 14.3 Å². The Bertz CT molecular complexity index is 524. The topological polar surface area (TPSA) is 53.0 Å². The molecule has 1 heterocycles. The number of aliphatic hydroxyl groups excluding tert-OH is 1. The molecule has 1 amide bonds. The molecule has 1 fully saturated rings. The SMILES string of the molecule is CC1CCN(CC(=O)N(C)CCCOc2ccc(F)cc2)CC1O. The third-order valence-electron chi connectivity index (χ3n) is 4.51. The van der Waals surface area contributed by atoms with Gasteiger partial charge in [0.1, 0.15) is 11.6 Å². The van der Waals surface area contributed by atoms with Crippen molar-refractivity contribution in [1.29, 1.82) is 0 Å². The molecule has 0 bridgehead atoms. The summed E-state index contributed by atoms with van der Waals surface area (Å²) in [6.07, 6.45) is 1.28. The Labute approximate surface area is 143 Å². The van der Waals surface area contributed by atoms with Crippen LogP contribution in [0.5, 0.6) is 5.75 Å². The van der Waals surface area contributed by atoms with Crippen LogP contribution < -0.4 is 4.74 Å². The van der Waals surface area contributed by atoms with Crippen molar-refractivity contribution in [2.45, 2.75) is 25.9 Å². The van der Waals surface area contributed by atoms with E-state index in [4.69, 9.17) is 4.74 Å². The second-order valence-electron chi connectivity index (χ2n) is 6.54. The molecule has 1 aliphatic heterocycles. The summed E-state index contributed by atoms with van der Waals surface area (Å²) >= 11 is 0. The van der Waals surface area contributed by atoms with Crippen molar-refractivity contribution < 1.29 is 19.0 Å². The molecule has 2 rings (SSSR count). The van der Waals surface area contributed by atoms with Gasteiger partial charge in [0.2, 0.25) is 5.91 Å². The number of aliphatic hydroxyl groups is 1. The van der Waals surface area contributed by atoms with Crippen molar-refractivity contribution in [2.75, 3.05) is 39.8 Å². The van der Waals surface area contributed by atoms with Gasteiger partial charge in [0, 0.05) is 20.1 Å². The van der Waals surface area contributed by atoms with Gasteiger partial charge >= 0.3 is 0 Å². The number of halogens is 1. The van der Waals surface area contributed by atoms with Gasteiger partial charge in [-0.05, 0) is 49.6 Å². The lowest BCUT2D eigenvalue weighted by atomic mass is 9.96.